The second kappa shape index (κ2) is 5.71. The van der Waals surface area contributed by atoms with E-state index in [1.807, 2.05) is 0 Å². The summed E-state index contributed by atoms with van der Waals surface area (Å²) in [5.74, 6) is 0.745. The van der Waals surface area contributed by atoms with Gasteiger partial charge in [-0.1, -0.05) is 12.8 Å². The predicted octanol–water partition coefficient (Wildman–Crippen LogP) is 2.00. The minimum atomic E-state index is -0.00428. The predicted molar refractivity (Wildman–Crippen MR) is 78.2 cm³/mol. The van der Waals surface area contributed by atoms with Crippen LogP contribution in [0.4, 0.5) is 0 Å². The van der Waals surface area contributed by atoms with Crippen molar-refractivity contribution in [2.45, 2.75) is 63.5 Å². The molecule has 110 valence electrons. The molecule has 0 bridgehead atoms. The summed E-state index contributed by atoms with van der Waals surface area (Å²) in [7, 11) is 2.28. The fraction of sp³-hybridized carbons (Fsp3) is 1.00. The number of aliphatic hydroxyl groups is 1. The number of hydrogen-bond donors (Lipinski definition) is 2. The topological polar surface area (TPSA) is 35.5 Å². The molecular weight excluding hydrogens is 236 g/mol. The molecule has 0 aromatic carbocycles. The largest absolute Gasteiger partial charge is 0.393 e. The molecule has 3 aliphatic carbocycles. The second-order valence-electron chi connectivity index (χ2n) is 7.55. The summed E-state index contributed by atoms with van der Waals surface area (Å²) in [6, 6.07) is 0.838. The van der Waals surface area contributed by atoms with Crippen LogP contribution in [0.25, 0.3) is 0 Å². The van der Waals surface area contributed by atoms with Gasteiger partial charge in [0.05, 0.1) is 6.10 Å². The van der Waals surface area contributed by atoms with Crippen LogP contribution >= 0.6 is 0 Å². The lowest BCUT2D eigenvalue weighted by molar-refractivity contribution is 0.0218. The summed E-state index contributed by atoms with van der Waals surface area (Å²) in [5, 5.41) is 13.2. The van der Waals surface area contributed by atoms with Crippen molar-refractivity contribution in [1.82, 2.24) is 10.2 Å². The Morgan fingerprint density at radius 1 is 1.21 bits per heavy atom. The van der Waals surface area contributed by atoms with Gasteiger partial charge in [0.15, 0.2) is 0 Å². The first-order valence-electron chi connectivity index (χ1n) is 8.25. The Morgan fingerprint density at radius 3 is 2.47 bits per heavy atom. The third-order valence-electron chi connectivity index (χ3n) is 5.39. The molecule has 0 aromatic rings. The Labute approximate surface area is 117 Å². The molecule has 0 atom stereocenters. The van der Waals surface area contributed by atoms with Crippen molar-refractivity contribution in [2.75, 3.05) is 26.7 Å². The number of aliphatic hydroxyl groups excluding tert-OH is 1. The maximum atomic E-state index is 9.39. The highest BCUT2D eigenvalue weighted by atomic mass is 16.3. The van der Waals surface area contributed by atoms with E-state index in [1.165, 1.54) is 58.2 Å². The van der Waals surface area contributed by atoms with Gasteiger partial charge in [0.2, 0.25) is 0 Å². The van der Waals surface area contributed by atoms with E-state index in [0.717, 1.165) is 24.8 Å². The lowest BCUT2D eigenvalue weighted by Crippen LogP contribution is -2.45. The third kappa shape index (κ3) is 3.71. The minimum absolute atomic E-state index is 0.00428. The number of hydrogen-bond acceptors (Lipinski definition) is 3. The van der Waals surface area contributed by atoms with Crippen molar-refractivity contribution in [1.29, 1.82) is 0 Å². The van der Waals surface area contributed by atoms with Gasteiger partial charge in [-0.25, -0.2) is 0 Å². The molecule has 3 aliphatic rings. The summed E-state index contributed by atoms with van der Waals surface area (Å²) in [4.78, 5) is 2.54. The van der Waals surface area contributed by atoms with Crippen LogP contribution in [0, 0.1) is 11.3 Å². The summed E-state index contributed by atoms with van der Waals surface area (Å²) in [6.07, 6.45) is 10.5. The first kappa shape index (κ1) is 13.8. The van der Waals surface area contributed by atoms with Crippen molar-refractivity contribution < 1.29 is 5.11 Å². The van der Waals surface area contributed by atoms with Crippen LogP contribution in [0.2, 0.25) is 0 Å². The van der Waals surface area contributed by atoms with Crippen LogP contribution in [-0.2, 0) is 0 Å². The highest BCUT2D eigenvalue weighted by Crippen LogP contribution is 2.39. The highest BCUT2D eigenvalue weighted by Gasteiger charge is 2.37. The molecule has 0 radical (unpaired) electrons. The summed E-state index contributed by atoms with van der Waals surface area (Å²) in [6.45, 7) is 3.66. The van der Waals surface area contributed by atoms with Crippen LogP contribution in [-0.4, -0.2) is 48.8 Å². The molecule has 19 heavy (non-hydrogen) atoms. The smallest absolute Gasteiger partial charge is 0.0546 e. The van der Waals surface area contributed by atoms with Crippen molar-refractivity contribution in [3.8, 4) is 0 Å². The zero-order valence-corrected chi connectivity index (χ0v) is 12.4. The molecule has 0 unspecified atom stereocenters. The zero-order valence-electron chi connectivity index (χ0n) is 12.4. The molecule has 0 amide bonds. The first-order chi connectivity index (χ1) is 9.15. The van der Waals surface area contributed by atoms with Crippen molar-refractivity contribution >= 4 is 0 Å². The van der Waals surface area contributed by atoms with E-state index < -0.39 is 0 Å². The Morgan fingerprint density at radius 2 is 1.89 bits per heavy atom. The minimum Gasteiger partial charge on any atom is -0.393 e. The van der Waals surface area contributed by atoms with Crippen molar-refractivity contribution in [3.05, 3.63) is 0 Å². The van der Waals surface area contributed by atoms with Gasteiger partial charge in [0, 0.05) is 25.7 Å². The molecule has 0 spiro atoms. The molecule has 2 N–H and O–H groups in total. The molecule has 3 fully saturated rings. The van der Waals surface area contributed by atoms with E-state index in [1.54, 1.807) is 0 Å². The first-order valence-corrected chi connectivity index (χ1v) is 8.25. The van der Waals surface area contributed by atoms with E-state index >= 15 is 0 Å². The quantitative estimate of drug-likeness (QED) is 0.740. The molecular formula is C16H30N2O. The molecule has 0 saturated heterocycles. The lowest BCUT2D eigenvalue weighted by Gasteiger charge is -2.39. The fourth-order valence-electron chi connectivity index (χ4n) is 4.09. The summed E-state index contributed by atoms with van der Waals surface area (Å²) >= 11 is 0. The zero-order chi connectivity index (χ0) is 13.3. The average molecular weight is 266 g/mol. The van der Waals surface area contributed by atoms with Crippen LogP contribution in [0.3, 0.4) is 0 Å². The van der Waals surface area contributed by atoms with Crippen LogP contribution < -0.4 is 5.32 Å². The van der Waals surface area contributed by atoms with Crippen molar-refractivity contribution in [3.63, 3.8) is 0 Å². The molecule has 3 saturated carbocycles. The monoisotopic (exact) mass is 266 g/mol. The number of nitrogens with one attached hydrogen (secondary N) is 1. The Kier molecular flexibility index (Phi) is 4.16. The van der Waals surface area contributed by atoms with Gasteiger partial charge >= 0.3 is 0 Å². The highest BCUT2D eigenvalue weighted by molar-refractivity contribution is 4.93. The molecule has 3 rings (SSSR count). The van der Waals surface area contributed by atoms with Gasteiger partial charge in [-0.05, 0) is 56.9 Å². The maximum absolute atomic E-state index is 9.39. The maximum Gasteiger partial charge on any atom is 0.0546 e. The van der Waals surface area contributed by atoms with E-state index in [2.05, 4.69) is 17.3 Å². The van der Waals surface area contributed by atoms with Gasteiger partial charge in [-0.2, -0.15) is 0 Å². The van der Waals surface area contributed by atoms with Gasteiger partial charge in [-0.3, -0.25) is 0 Å². The SMILES string of the molecule is CN(CC1CC(O)C1)CC1(CNC2CC2)CCCC1. The molecule has 0 aliphatic heterocycles. The number of nitrogens with zero attached hydrogens (tertiary/aromatic N) is 1. The van der Waals surface area contributed by atoms with Gasteiger partial charge in [-0.15, -0.1) is 0 Å². The molecule has 0 heterocycles. The average Bonchev–Trinajstić information content (AvgIpc) is 3.06. The van der Waals surface area contributed by atoms with Crippen LogP contribution in [0.15, 0.2) is 0 Å². The van der Waals surface area contributed by atoms with Crippen LogP contribution in [0.1, 0.15) is 51.4 Å². The lowest BCUT2D eigenvalue weighted by atomic mass is 9.81. The Bertz CT molecular complexity index is 291. The molecule has 3 heteroatoms. The summed E-state index contributed by atoms with van der Waals surface area (Å²) in [5.41, 5.74) is 0.541. The third-order valence-corrected chi connectivity index (χ3v) is 5.39. The Balaban J connectivity index is 1.45. The fourth-order valence-corrected chi connectivity index (χ4v) is 4.09. The second-order valence-corrected chi connectivity index (χ2v) is 7.55. The van der Waals surface area contributed by atoms with Gasteiger partial charge in [0.25, 0.3) is 0 Å². The van der Waals surface area contributed by atoms with E-state index in [4.69, 9.17) is 0 Å². The van der Waals surface area contributed by atoms with Gasteiger partial charge < -0.3 is 15.3 Å². The van der Waals surface area contributed by atoms with Crippen molar-refractivity contribution in [2.24, 2.45) is 11.3 Å². The normalized spacial score (nSPS) is 33.6. The van der Waals surface area contributed by atoms with Crippen LogP contribution in [0.5, 0.6) is 0 Å². The Hall–Kier alpha value is -0.120. The number of rotatable bonds is 7. The molecule has 3 nitrogen and oxygen atoms in total. The van der Waals surface area contributed by atoms with E-state index in [-0.39, 0.29) is 6.10 Å². The summed E-state index contributed by atoms with van der Waals surface area (Å²) < 4.78 is 0. The van der Waals surface area contributed by atoms with E-state index in [0.29, 0.717) is 5.41 Å². The standard InChI is InChI=1S/C16H30N2O/c1-18(10-13-8-15(19)9-13)12-16(6-2-3-7-16)11-17-14-4-5-14/h13-15,17,19H,2-12H2,1H3. The van der Waals surface area contributed by atoms with Gasteiger partial charge in [0.1, 0.15) is 0 Å². The molecule has 0 aromatic heterocycles. The van der Waals surface area contributed by atoms with E-state index in [9.17, 15) is 5.11 Å².